The standard InChI is InChI=1S/C20H25N3O3/c21-19(22)15-5-9-17(10-6-15)25-13-3-1-2-4-14-26-18-11-7-16(8-12-18)20(23)24/h5-12H,1-4,13-14H2,(H3,21,22)(H2,23,24)/i1D2,2D2,3D2,4D2,13D2,14D2. The number of nitrogens with one attached hydrogen (secondary N) is 1. The average Bonchev–Trinajstić information content (AvgIpc) is 2.78. The van der Waals surface area contributed by atoms with Gasteiger partial charge < -0.3 is 20.9 Å². The Morgan fingerprint density at radius 2 is 1.23 bits per heavy atom. The lowest BCUT2D eigenvalue weighted by Crippen LogP contribution is -2.10. The predicted octanol–water partition coefficient (Wildman–Crippen LogP) is 3.09. The smallest absolute Gasteiger partial charge is 0.248 e. The number of carbonyl (C=O) groups excluding carboxylic acids is 1. The SMILES string of the molecule is [2H]C([2H])(Oc1ccc(C(=N)N)cc1)C([2H])([2H])C([2H])([2H])C([2H])([2H])C([2H])([2H])C([2H])([2H])Oc1ccc(C(N)=O)cc1. The van der Waals surface area contributed by atoms with Crippen LogP contribution in [0.5, 0.6) is 11.5 Å². The van der Waals surface area contributed by atoms with E-state index in [1.54, 1.807) is 0 Å². The van der Waals surface area contributed by atoms with Gasteiger partial charge in [0.05, 0.1) is 18.6 Å². The highest BCUT2D eigenvalue weighted by Gasteiger charge is 2.01. The van der Waals surface area contributed by atoms with Gasteiger partial charge in [0.1, 0.15) is 17.3 Å². The van der Waals surface area contributed by atoms with E-state index in [1.807, 2.05) is 0 Å². The Labute approximate surface area is 170 Å². The maximum absolute atomic E-state index is 11.2. The number of hydrogen-bond donors (Lipinski definition) is 3. The molecule has 0 radical (unpaired) electrons. The second kappa shape index (κ2) is 10.1. The summed E-state index contributed by atoms with van der Waals surface area (Å²) in [5, 5.41) is 7.36. The van der Waals surface area contributed by atoms with Gasteiger partial charge in [-0.05, 0) is 74.0 Å². The van der Waals surface area contributed by atoms with Gasteiger partial charge >= 0.3 is 0 Å². The van der Waals surface area contributed by atoms with Crippen molar-refractivity contribution in [2.75, 3.05) is 13.1 Å². The number of benzene rings is 2. The van der Waals surface area contributed by atoms with Crippen molar-refractivity contribution >= 4 is 11.7 Å². The molecule has 0 heterocycles. The van der Waals surface area contributed by atoms with Crippen molar-refractivity contribution < 1.29 is 30.7 Å². The highest BCUT2D eigenvalue weighted by atomic mass is 16.5. The zero-order valence-electron chi connectivity index (χ0n) is 25.5. The first kappa shape index (κ1) is 8.58. The molecule has 1 amide bonds. The van der Waals surface area contributed by atoms with Crippen LogP contribution in [0.1, 0.15) is 57.9 Å². The first-order chi connectivity index (χ1) is 17.0. The number of nitrogens with two attached hydrogens (primary N) is 2. The van der Waals surface area contributed by atoms with Crippen LogP contribution < -0.4 is 20.9 Å². The minimum Gasteiger partial charge on any atom is -0.494 e. The van der Waals surface area contributed by atoms with Gasteiger partial charge in [-0.1, -0.05) is 0 Å². The Morgan fingerprint density at radius 1 is 0.808 bits per heavy atom. The molecule has 26 heavy (non-hydrogen) atoms. The molecule has 0 aliphatic heterocycles. The first-order valence-corrected chi connectivity index (χ1v) is 7.24. The Morgan fingerprint density at radius 3 is 1.62 bits per heavy atom. The molecule has 0 aliphatic carbocycles. The summed E-state index contributed by atoms with van der Waals surface area (Å²) in [5.41, 5.74) is 10.7. The van der Waals surface area contributed by atoms with Gasteiger partial charge in [-0.2, -0.15) is 0 Å². The second-order valence-corrected chi connectivity index (χ2v) is 4.73. The third-order valence-corrected chi connectivity index (χ3v) is 2.93. The molecule has 6 nitrogen and oxygen atoms in total. The first-order valence-electron chi connectivity index (χ1n) is 13.2. The van der Waals surface area contributed by atoms with Crippen LogP contribution in [0.3, 0.4) is 0 Å². The van der Waals surface area contributed by atoms with Crippen molar-refractivity contribution in [1.82, 2.24) is 0 Å². The molecule has 0 aliphatic rings. The summed E-state index contributed by atoms with van der Waals surface area (Å²) in [6.07, 6.45) is -16.0. The molecular formula is C20H25N3O3. The van der Waals surface area contributed by atoms with E-state index >= 15 is 0 Å². The third-order valence-electron chi connectivity index (χ3n) is 2.93. The molecule has 0 spiro atoms. The van der Waals surface area contributed by atoms with E-state index in [1.165, 1.54) is 12.1 Å². The summed E-state index contributed by atoms with van der Waals surface area (Å²) in [7, 11) is 0. The molecule has 138 valence electrons. The van der Waals surface area contributed by atoms with Crippen molar-refractivity contribution in [3.05, 3.63) is 59.7 Å². The number of ether oxygens (including phenoxy) is 2. The summed E-state index contributed by atoms with van der Waals surface area (Å²) in [6, 6.07) is 9.07. The van der Waals surface area contributed by atoms with Gasteiger partial charge in [0, 0.05) is 22.1 Å². The van der Waals surface area contributed by atoms with Crippen LogP contribution in [0.4, 0.5) is 0 Å². The van der Waals surface area contributed by atoms with Gasteiger partial charge in [0.25, 0.3) is 0 Å². The van der Waals surface area contributed by atoms with Gasteiger partial charge in [-0.15, -0.1) is 0 Å². The molecule has 0 atom stereocenters. The number of rotatable bonds is 11. The topological polar surface area (TPSA) is 111 Å². The molecular weight excluding hydrogens is 330 g/mol. The third kappa shape index (κ3) is 6.47. The van der Waals surface area contributed by atoms with Crippen LogP contribution in [0.15, 0.2) is 48.5 Å². The van der Waals surface area contributed by atoms with Crippen LogP contribution in [0.2, 0.25) is 0 Å². The summed E-state index contributed by atoms with van der Waals surface area (Å²) in [4.78, 5) is 11.2. The summed E-state index contributed by atoms with van der Waals surface area (Å²) < 4.78 is 107. The quantitative estimate of drug-likeness (QED) is 0.418. The summed E-state index contributed by atoms with van der Waals surface area (Å²) in [6.45, 7) is -7.25. The van der Waals surface area contributed by atoms with Gasteiger partial charge in [-0.3, -0.25) is 10.2 Å². The largest absolute Gasteiger partial charge is 0.494 e. The van der Waals surface area contributed by atoms with Gasteiger partial charge in [0.2, 0.25) is 5.91 Å². The molecule has 0 saturated carbocycles. The maximum atomic E-state index is 11.2. The Kier molecular flexibility index (Phi) is 3.32. The van der Waals surface area contributed by atoms with Gasteiger partial charge in [-0.25, -0.2) is 0 Å². The minimum absolute atomic E-state index is 0.0129. The number of nitrogen functional groups attached to an aromatic ring is 1. The number of primary amides is 1. The van der Waals surface area contributed by atoms with Crippen LogP contribution in [-0.4, -0.2) is 24.9 Å². The molecule has 0 bridgehead atoms. The molecule has 5 N–H and O–H groups in total. The molecule has 0 aromatic heterocycles. The lowest BCUT2D eigenvalue weighted by molar-refractivity contribution is 0.1000. The number of amides is 1. The summed E-state index contributed by atoms with van der Waals surface area (Å²) in [5.74, 6) is -1.84. The van der Waals surface area contributed by atoms with Crippen molar-refractivity contribution in [1.29, 1.82) is 5.41 Å². The fraction of sp³-hybridized carbons (Fsp3) is 0.300. The average molecular weight is 368 g/mol. The Balaban J connectivity index is 2.41. The minimum atomic E-state index is -4.07. The monoisotopic (exact) mass is 367 g/mol. The highest BCUT2D eigenvalue weighted by molar-refractivity contribution is 5.95. The zero-order valence-corrected chi connectivity index (χ0v) is 13.5. The summed E-state index contributed by atoms with van der Waals surface area (Å²) >= 11 is 0. The van der Waals surface area contributed by atoms with Gasteiger partial charge in [0.15, 0.2) is 0 Å². The molecule has 0 fully saturated rings. The number of carbonyl (C=O) groups is 1. The van der Waals surface area contributed by atoms with E-state index in [9.17, 15) is 4.79 Å². The zero-order chi connectivity index (χ0) is 29.5. The number of hydrogen-bond acceptors (Lipinski definition) is 4. The van der Waals surface area contributed by atoms with Crippen LogP contribution in [-0.2, 0) is 0 Å². The fourth-order valence-corrected chi connectivity index (χ4v) is 1.67. The molecule has 0 saturated heterocycles. The molecule has 6 heteroatoms. The van der Waals surface area contributed by atoms with Crippen LogP contribution >= 0.6 is 0 Å². The van der Waals surface area contributed by atoms with E-state index in [0.717, 1.165) is 36.4 Å². The Bertz CT molecular complexity index is 1090. The van der Waals surface area contributed by atoms with E-state index in [2.05, 4.69) is 0 Å². The lowest BCUT2D eigenvalue weighted by Gasteiger charge is -2.08. The molecule has 2 aromatic rings. The van der Waals surface area contributed by atoms with E-state index < -0.39 is 44.5 Å². The van der Waals surface area contributed by atoms with Crippen molar-refractivity contribution in [3.63, 3.8) is 0 Å². The fourth-order valence-electron chi connectivity index (χ4n) is 1.67. The normalized spacial score (nSPS) is 20.5. The van der Waals surface area contributed by atoms with E-state index in [4.69, 9.17) is 42.8 Å². The second-order valence-electron chi connectivity index (χ2n) is 4.73. The van der Waals surface area contributed by atoms with Crippen LogP contribution in [0, 0.1) is 5.41 Å². The van der Waals surface area contributed by atoms with Crippen LogP contribution in [0.25, 0.3) is 0 Å². The van der Waals surface area contributed by atoms with E-state index in [-0.39, 0.29) is 28.5 Å². The van der Waals surface area contributed by atoms with Crippen molar-refractivity contribution in [2.45, 2.75) is 25.5 Å². The van der Waals surface area contributed by atoms with E-state index in [0.29, 0.717) is 0 Å². The maximum Gasteiger partial charge on any atom is 0.248 e. The molecule has 2 rings (SSSR count). The number of amidine groups is 1. The lowest BCUT2D eigenvalue weighted by atomic mass is 10.2. The van der Waals surface area contributed by atoms with Crippen molar-refractivity contribution in [2.24, 2.45) is 11.5 Å². The predicted molar refractivity (Wildman–Crippen MR) is 102 cm³/mol. The Hall–Kier alpha value is -3.02. The highest BCUT2D eigenvalue weighted by Crippen LogP contribution is 2.14. The van der Waals surface area contributed by atoms with Crippen molar-refractivity contribution in [3.8, 4) is 11.5 Å². The molecule has 2 aromatic carbocycles. The molecule has 0 unspecified atom stereocenters.